The summed E-state index contributed by atoms with van der Waals surface area (Å²) < 4.78 is 6.76. The van der Waals surface area contributed by atoms with Crippen molar-refractivity contribution in [3.8, 4) is 11.4 Å². The van der Waals surface area contributed by atoms with Crippen LogP contribution >= 0.6 is 0 Å². The fourth-order valence-electron chi connectivity index (χ4n) is 2.63. The highest BCUT2D eigenvalue weighted by molar-refractivity contribution is 5.96. The summed E-state index contributed by atoms with van der Waals surface area (Å²) >= 11 is 0. The van der Waals surface area contributed by atoms with E-state index in [1.165, 1.54) is 24.3 Å². The molecular weight excluding hydrogens is 346 g/mol. The smallest absolute Gasteiger partial charge is 0.338 e. The molecule has 0 saturated heterocycles. The van der Waals surface area contributed by atoms with Crippen LogP contribution in [0.25, 0.3) is 5.69 Å². The van der Waals surface area contributed by atoms with E-state index in [0.717, 1.165) is 11.4 Å². The van der Waals surface area contributed by atoms with Gasteiger partial charge in [-0.1, -0.05) is 18.2 Å². The maximum absolute atomic E-state index is 12.2. The number of amides is 1. The van der Waals surface area contributed by atoms with Crippen LogP contribution in [0.2, 0.25) is 0 Å². The van der Waals surface area contributed by atoms with E-state index >= 15 is 0 Å². The van der Waals surface area contributed by atoms with E-state index in [-0.39, 0.29) is 11.3 Å². The van der Waals surface area contributed by atoms with Gasteiger partial charge in [0.05, 0.1) is 28.3 Å². The summed E-state index contributed by atoms with van der Waals surface area (Å²) in [5.74, 6) is -1.05. The number of aromatic hydroxyl groups is 1. The third-order valence-electron chi connectivity index (χ3n) is 3.99. The zero-order valence-corrected chi connectivity index (χ0v) is 15.0. The number of anilines is 1. The number of nitrogens with zero attached hydrogens (tertiary/aromatic N) is 2. The minimum Gasteiger partial charge on any atom is -0.508 e. The lowest BCUT2D eigenvalue weighted by Gasteiger charge is -2.08. The topological polar surface area (TPSA) is 93.5 Å². The molecule has 3 rings (SSSR count). The maximum atomic E-state index is 12.2. The van der Waals surface area contributed by atoms with Crippen LogP contribution in [-0.2, 0) is 9.53 Å². The van der Waals surface area contributed by atoms with Gasteiger partial charge in [-0.3, -0.25) is 4.79 Å². The Bertz CT molecular complexity index is 963. The van der Waals surface area contributed by atoms with Crippen molar-refractivity contribution in [3.05, 3.63) is 71.5 Å². The van der Waals surface area contributed by atoms with Gasteiger partial charge in [-0.2, -0.15) is 5.10 Å². The predicted octanol–water partition coefficient (Wildman–Crippen LogP) is 2.99. The standard InChI is InChI=1S/C20H19N3O4/c1-13-19(14(2)23(22-13)16-6-4-3-5-7-16)21-18(25)12-27-20(26)15-8-10-17(24)11-9-15/h3-11,24H,12H2,1-2H3,(H,21,25). The van der Waals surface area contributed by atoms with Gasteiger partial charge >= 0.3 is 5.97 Å². The molecular formula is C20H19N3O4. The number of phenols is 1. The summed E-state index contributed by atoms with van der Waals surface area (Å²) in [5, 5.41) is 16.4. The molecule has 0 saturated carbocycles. The Morgan fingerprint density at radius 1 is 1.07 bits per heavy atom. The number of aryl methyl sites for hydroxylation is 1. The molecule has 1 heterocycles. The molecule has 7 heteroatoms. The molecule has 0 radical (unpaired) electrons. The Morgan fingerprint density at radius 3 is 2.41 bits per heavy atom. The van der Waals surface area contributed by atoms with Gasteiger partial charge in [0.1, 0.15) is 5.75 Å². The monoisotopic (exact) mass is 365 g/mol. The van der Waals surface area contributed by atoms with Crippen molar-refractivity contribution in [2.75, 3.05) is 11.9 Å². The van der Waals surface area contributed by atoms with Gasteiger partial charge < -0.3 is 15.2 Å². The Hall–Kier alpha value is -3.61. The van der Waals surface area contributed by atoms with Crippen molar-refractivity contribution in [2.24, 2.45) is 0 Å². The number of aromatic nitrogens is 2. The number of hydrogen-bond acceptors (Lipinski definition) is 5. The van der Waals surface area contributed by atoms with Crippen LogP contribution in [0.3, 0.4) is 0 Å². The minimum atomic E-state index is -0.640. The highest BCUT2D eigenvalue weighted by Crippen LogP contribution is 2.22. The van der Waals surface area contributed by atoms with E-state index in [2.05, 4.69) is 10.4 Å². The molecule has 0 spiro atoms. The second kappa shape index (κ2) is 7.74. The fraction of sp³-hybridized carbons (Fsp3) is 0.150. The number of rotatable bonds is 5. The van der Waals surface area contributed by atoms with Crippen LogP contribution in [0.4, 0.5) is 5.69 Å². The van der Waals surface area contributed by atoms with Crippen LogP contribution < -0.4 is 5.32 Å². The first kappa shape index (κ1) is 18.2. The first-order valence-electron chi connectivity index (χ1n) is 8.33. The minimum absolute atomic E-state index is 0.0469. The molecule has 0 fully saturated rings. The Morgan fingerprint density at radius 2 is 1.74 bits per heavy atom. The molecule has 0 aliphatic heterocycles. The molecule has 27 heavy (non-hydrogen) atoms. The van der Waals surface area contributed by atoms with Crippen molar-refractivity contribution >= 4 is 17.6 Å². The average Bonchev–Trinajstić information content (AvgIpc) is 2.95. The predicted molar refractivity (Wildman–Crippen MR) is 100 cm³/mol. The largest absolute Gasteiger partial charge is 0.508 e. The number of ether oxygens (including phenoxy) is 1. The zero-order valence-electron chi connectivity index (χ0n) is 15.0. The average molecular weight is 365 g/mol. The van der Waals surface area contributed by atoms with Crippen LogP contribution in [0.5, 0.6) is 5.75 Å². The number of hydrogen-bond donors (Lipinski definition) is 2. The van der Waals surface area contributed by atoms with Crippen molar-refractivity contribution in [3.63, 3.8) is 0 Å². The van der Waals surface area contributed by atoms with E-state index in [1.54, 1.807) is 11.6 Å². The number of nitrogens with one attached hydrogen (secondary N) is 1. The highest BCUT2D eigenvalue weighted by atomic mass is 16.5. The second-order valence-corrected chi connectivity index (χ2v) is 5.96. The molecule has 1 aromatic heterocycles. The molecule has 0 unspecified atom stereocenters. The maximum Gasteiger partial charge on any atom is 0.338 e. The third-order valence-corrected chi connectivity index (χ3v) is 3.99. The van der Waals surface area contributed by atoms with Crippen LogP contribution in [0.1, 0.15) is 21.7 Å². The first-order valence-corrected chi connectivity index (χ1v) is 8.33. The summed E-state index contributed by atoms with van der Waals surface area (Å²) in [7, 11) is 0. The number of benzene rings is 2. The zero-order chi connectivity index (χ0) is 19.4. The second-order valence-electron chi connectivity index (χ2n) is 5.96. The molecule has 0 bridgehead atoms. The van der Waals surface area contributed by atoms with Crippen molar-refractivity contribution in [1.82, 2.24) is 9.78 Å². The van der Waals surface area contributed by atoms with Crippen molar-refractivity contribution in [2.45, 2.75) is 13.8 Å². The molecule has 138 valence electrons. The van der Waals surface area contributed by atoms with Crippen LogP contribution in [-0.4, -0.2) is 33.4 Å². The van der Waals surface area contributed by atoms with Gasteiger partial charge in [0.15, 0.2) is 6.61 Å². The van der Waals surface area contributed by atoms with Crippen molar-refractivity contribution in [1.29, 1.82) is 0 Å². The number of phenolic OH excluding ortho intramolecular Hbond substituents is 1. The normalized spacial score (nSPS) is 10.4. The first-order chi connectivity index (χ1) is 13.0. The Balaban J connectivity index is 1.65. The number of carbonyl (C=O) groups is 2. The van der Waals surface area contributed by atoms with Gasteiger partial charge in [-0.05, 0) is 50.2 Å². The van der Waals surface area contributed by atoms with Crippen molar-refractivity contribution < 1.29 is 19.4 Å². The SMILES string of the molecule is Cc1nn(-c2ccccc2)c(C)c1NC(=O)COC(=O)c1ccc(O)cc1. The van der Waals surface area contributed by atoms with E-state index in [9.17, 15) is 14.7 Å². The van der Waals surface area contributed by atoms with E-state index in [1.807, 2.05) is 37.3 Å². The molecule has 2 N–H and O–H groups in total. The number of para-hydroxylation sites is 1. The van der Waals surface area contributed by atoms with Gasteiger partial charge in [-0.25, -0.2) is 9.48 Å². The Labute approximate surface area is 156 Å². The lowest BCUT2D eigenvalue weighted by Crippen LogP contribution is -2.21. The summed E-state index contributed by atoms with van der Waals surface area (Å²) in [6.45, 7) is 3.23. The fourth-order valence-corrected chi connectivity index (χ4v) is 2.63. The summed E-state index contributed by atoms with van der Waals surface area (Å²) in [6.07, 6.45) is 0. The molecule has 7 nitrogen and oxygen atoms in total. The number of esters is 1. The summed E-state index contributed by atoms with van der Waals surface area (Å²) in [5.41, 5.74) is 3.17. The van der Waals surface area contributed by atoms with Gasteiger partial charge in [0.25, 0.3) is 5.91 Å². The van der Waals surface area contributed by atoms with E-state index in [0.29, 0.717) is 11.4 Å². The summed E-state index contributed by atoms with van der Waals surface area (Å²) in [4.78, 5) is 24.1. The van der Waals surface area contributed by atoms with E-state index in [4.69, 9.17) is 4.74 Å². The Kier molecular flexibility index (Phi) is 5.21. The van der Waals surface area contributed by atoms with Gasteiger partial charge in [-0.15, -0.1) is 0 Å². The quantitative estimate of drug-likeness (QED) is 0.678. The highest BCUT2D eigenvalue weighted by Gasteiger charge is 2.16. The third kappa shape index (κ3) is 4.14. The van der Waals surface area contributed by atoms with Crippen LogP contribution in [0.15, 0.2) is 54.6 Å². The lowest BCUT2D eigenvalue weighted by atomic mass is 10.2. The summed E-state index contributed by atoms with van der Waals surface area (Å²) in [6, 6.07) is 15.2. The van der Waals surface area contributed by atoms with E-state index < -0.39 is 18.5 Å². The lowest BCUT2D eigenvalue weighted by molar-refractivity contribution is -0.119. The van der Waals surface area contributed by atoms with Gasteiger partial charge in [0, 0.05) is 0 Å². The number of carbonyl (C=O) groups excluding carboxylic acids is 2. The molecule has 0 aliphatic rings. The molecule has 3 aromatic rings. The molecule has 1 amide bonds. The van der Waals surface area contributed by atoms with Gasteiger partial charge in [0.2, 0.25) is 0 Å². The van der Waals surface area contributed by atoms with Crippen LogP contribution in [0, 0.1) is 13.8 Å². The molecule has 0 aliphatic carbocycles. The molecule has 2 aromatic carbocycles. The molecule has 0 atom stereocenters.